The van der Waals surface area contributed by atoms with Gasteiger partial charge in [-0.2, -0.15) is 0 Å². The molecular weight excluding hydrogens is 424 g/mol. The van der Waals surface area contributed by atoms with Crippen LogP contribution in [0.15, 0.2) is 54.6 Å². The molecule has 9 heteroatoms. The minimum Gasteiger partial charge on any atom is -0.480 e. The van der Waals surface area contributed by atoms with Crippen LogP contribution in [-0.4, -0.2) is 47.5 Å². The Morgan fingerprint density at radius 3 is 2.33 bits per heavy atom. The summed E-state index contributed by atoms with van der Waals surface area (Å²) in [6.07, 6.45) is 0.418. The second kappa shape index (κ2) is 10.6. The third-order valence-electron chi connectivity index (χ3n) is 5.23. The van der Waals surface area contributed by atoms with Gasteiger partial charge in [-0.15, -0.1) is 0 Å². The Kier molecular flexibility index (Phi) is 7.66. The molecule has 0 aromatic heterocycles. The lowest BCUT2D eigenvalue weighted by atomic mass is 10.0. The van der Waals surface area contributed by atoms with E-state index in [2.05, 4.69) is 16.0 Å². The first-order valence-corrected chi connectivity index (χ1v) is 10.8. The summed E-state index contributed by atoms with van der Waals surface area (Å²) in [6, 6.07) is 13.2. The van der Waals surface area contributed by atoms with Gasteiger partial charge in [0.1, 0.15) is 18.6 Å². The topological polar surface area (TPSA) is 128 Å². The summed E-state index contributed by atoms with van der Waals surface area (Å²) in [7, 11) is 0. The fraction of sp³-hybridized carbons (Fsp3) is 0.333. The Morgan fingerprint density at radius 1 is 1.00 bits per heavy atom. The summed E-state index contributed by atoms with van der Waals surface area (Å²) in [4.78, 5) is 51.2. The van der Waals surface area contributed by atoms with Crippen LogP contribution in [0.2, 0.25) is 0 Å². The summed E-state index contributed by atoms with van der Waals surface area (Å²) < 4.78 is 0. The van der Waals surface area contributed by atoms with Crippen LogP contribution in [0.1, 0.15) is 25.8 Å². The van der Waals surface area contributed by atoms with Crippen LogP contribution < -0.4 is 20.9 Å². The first-order chi connectivity index (χ1) is 15.7. The molecule has 0 aliphatic carbocycles. The van der Waals surface area contributed by atoms with Gasteiger partial charge in [-0.25, -0.2) is 9.59 Å². The SMILES string of the molecule is CC(C)C[C@H](NC(=O)[C@H](Cc1ccccc1)NC(=O)N1CC(=O)Nc2ccccc21)C(=O)O. The molecule has 0 unspecified atom stereocenters. The molecule has 0 fully saturated rings. The number of carboxylic acids is 1. The lowest BCUT2D eigenvalue weighted by Gasteiger charge is -2.31. The molecule has 3 rings (SSSR count). The van der Waals surface area contributed by atoms with E-state index in [1.54, 1.807) is 24.3 Å². The number of hydrogen-bond acceptors (Lipinski definition) is 4. The standard InChI is InChI=1S/C24H28N4O5/c1-15(2)12-19(23(31)32)26-22(30)18(13-16-8-4-3-5-9-16)27-24(33)28-14-21(29)25-17-10-6-7-11-20(17)28/h3-11,15,18-19H,12-14H2,1-2H3,(H,25,29)(H,26,30)(H,27,33)(H,31,32)/t18-,19-/m0/s1. The first kappa shape index (κ1) is 23.8. The van der Waals surface area contributed by atoms with E-state index in [0.29, 0.717) is 11.4 Å². The zero-order valence-electron chi connectivity index (χ0n) is 18.6. The van der Waals surface area contributed by atoms with Gasteiger partial charge in [0, 0.05) is 6.42 Å². The van der Waals surface area contributed by atoms with E-state index < -0.39 is 30.0 Å². The van der Waals surface area contributed by atoms with Crippen molar-refractivity contribution >= 4 is 35.2 Å². The number of amides is 4. The average molecular weight is 453 g/mol. The molecule has 4 N–H and O–H groups in total. The van der Waals surface area contributed by atoms with Crippen LogP contribution in [-0.2, 0) is 20.8 Å². The second-order valence-corrected chi connectivity index (χ2v) is 8.37. The van der Waals surface area contributed by atoms with E-state index in [0.717, 1.165) is 5.56 Å². The number of nitrogens with one attached hydrogen (secondary N) is 3. The predicted octanol–water partition coefficient (Wildman–Crippen LogP) is 2.38. The highest BCUT2D eigenvalue weighted by Gasteiger charge is 2.31. The molecule has 0 saturated heterocycles. The van der Waals surface area contributed by atoms with Gasteiger partial charge in [0.25, 0.3) is 0 Å². The maximum atomic E-state index is 13.1. The maximum absolute atomic E-state index is 13.1. The van der Waals surface area contributed by atoms with E-state index in [-0.39, 0.29) is 31.2 Å². The number of urea groups is 1. The normalized spacial score (nSPS) is 14.6. The fourth-order valence-electron chi connectivity index (χ4n) is 3.67. The Hall–Kier alpha value is -3.88. The van der Waals surface area contributed by atoms with Crippen molar-refractivity contribution in [2.75, 3.05) is 16.8 Å². The molecule has 1 heterocycles. The Labute approximate surface area is 192 Å². The Bertz CT molecular complexity index is 1020. The van der Waals surface area contributed by atoms with E-state index in [1.807, 2.05) is 44.2 Å². The smallest absolute Gasteiger partial charge is 0.326 e. The number of carbonyl (C=O) groups is 4. The fourth-order valence-corrected chi connectivity index (χ4v) is 3.67. The summed E-state index contributed by atoms with van der Waals surface area (Å²) in [5.41, 5.74) is 1.80. The van der Waals surface area contributed by atoms with Crippen molar-refractivity contribution in [1.82, 2.24) is 10.6 Å². The Balaban J connectivity index is 1.82. The average Bonchev–Trinajstić information content (AvgIpc) is 2.77. The number of anilines is 2. The third-order valence-corrected chi connectivity index (χ3v) is 5.23. The molecule has 174 valence electrons. The quantitative estimate of drug-likeness (QED) is 0.489. The van der Waals surface area contributed by atoms with Crippen molar-refractivity contribution in [2.24, 2.45) is 5.92 Å². The molecule has 1 aliphatic rings. The van der Waals surface area contributed by atoms with Crippen LogP contribution in [0.5, 0.6) is 0 Å². The monoisotopic (exact) mass is 452 g/mol. The summed E-state index contributed by atoms with van der Waals surface area (Å²) >= 11 is 0. The van der Waals surface area contributed by atoms with Crippen LogP contribution in [0.25, 0.3) is 0 Å². The summed E-state index contributed by atoms with van der Waals surface area (Å²) in [5, 5.41) is 17.5. The number of para-hydroxylation sites is 2. The van der Waals surface area contributed by atoms with E-state index in [4.69, 9.17) is 0 Å². The van der Waals surface area contributed by atoms with Gasteiger partial charge in [0.05, 0.1) is 11.4 Å². The number of carboxylic acid groups (broad SMARTS) is 1. The summed E-state index contributed by atoms with van der Waals surface area (Å²) in [5.74, 6) is -2.04. The molecule has 1 aliphatic heterocycles. The minimum absolute atomic E-state index is 0.0527. The van der Waals surface area contributed by atoms with E-state index >= 15 is 0 Å². The van der Waals surface area contributed by atoms with Gasteiger partial charge in [0.15, 0.2) is 0 Å². The molecule has 0 bridgehead atoms. The number of fused-ring (bicyclic) bond motifs is 1. The molecule has 0 spiro atoms. The van der Waals surface area contributed by atoms with Gasteiger partial charge in [-0.3, -0.25) is 14.5 Å². The van der Waals surface area contributed by atoms with Gasteiger partial charge in [-0.05, 0) is 30.0 Å². The van der Waals surface area contributed by atoms with Gasteiger partial charge >= 0.3 is 12.0 Å². The number of benzene rings is 2. The Morgan fingerprint density at radius 2 is 1.67 bits per heavy atom. The van der Waals surface area contributed by atoms with Crippen molar-refractivity contribution in [1.29, 1.82) is 0 Å². The van der Waals surface area contributed by atoms with Crippen LogP contribution >= 0.6 is 0 Å². The molecule has 0 radical (unpaired) electrons. The van der Waals surface area contributed by atoms with Gasteiger partial charge in [-0.1, -0.05) is 56.3 Å². The van der Waals surface area contributed by atoms with Crippen molar-refractivity contribution < 1.29 is 24.3 Å². The largest absolute Gasteiger partial charge is 0.480 e. The molecular formula is C24H28N4O5. The molecule has 9 nitrogen and oxygen atoms in total. The van der Waals surface area contributed by atoms with Crippen molar-refractivity contribution in [3.63, 3.8) is 0 Å². The predicted molar refractivity (Wildman–Crippen MR) is 124 cm³/mol. The lowest BCUT2D eigenvalue weighted by Crippen LogP contribution is -2.56. The molecule has 2 aromatic carbocycles. The number of rotatable bonds is 8. The lowest BCUT2D eigenvalue weighted by molar-refractivity contribution is -0.142. The van der Waals surface area contributed by atoms with Crippen LogP contribution in [0.3, 0.4) is 0 Å². The van der Waals surface area contributed by atoms with Crippen molar-refractivity contribution in [3.8, 4) is 0 Å². The molecule has 0 saturated carbocycles. The minimum atomic E-state index is -1.14. The molecule has 4 amide bonds. The highest BCUT2D eigenvalue weighted by atomic mass is 16.4. The van der Waals surface area contributed by atoms with Gasteiger partial charge < -0.3 is 21.1 Å². The van der Waals surface area contributed by atoms with Gasteiger partial charge in [0.2, 0.25) is 11.8 Å². The zero-order chi connectivity index (χ0) is 24.0. The highest BCUT2D eigenvalue weighted by molar-refractivity contribution is 6.10. The zero-order valence-corrected chi connectivity index (χ0v) is 18.6. The van der Waals surface area contributed by atoms with E-state index in [1.165, 1.54) is 4.90 Å². The molecule has 33 heavy (non-hydrogen) atoms. The maximum Gasteiger partial charge on any atom is 0.326 e. The second-order valence-electron chi connectivity index (χ2n) is 8.37. The molecule has 2 aromatic rings. The summed E-state index contributed by atoms with van der Waals surface area (Å²) in [6.45, 7) is 3.53. The third kappa shape index (κ3) is 6.31. The van der Waals surface area contributed by atoms with Crippen molar-refractivity contribution in [3.05, 3.63) is 60.2 Å². The number of carbonyl (C=O) groups excluding carboxylic acids is 3. The number of aliphatic carboxylic acids is 1. The number of hydrogen-bond donors (Lipinski definition) is 4. The van der Waals surface area contributed by atoms with E-state index in [9.17, 15) is 24.3 Å². The molecule has 2 atom stereocenters. The van der Waals surface area contributed by atoms with Crippen LogP contribution in [0.4, 0.5) is 16.2 Å². The first-order valence-electron chi connectivity index (χ1n) is 10.8. The highest BCUT2D eigenvalue weighted by Crippen LogP contribution is 2.28. The van der Waals surface area contributed by atoms with Crippen molar-refractivity contribution in [2.45, 2.75) is 38.8 Å². The van der Waals surface area contributed by atoms with Crippen LogP contribution in [0, 0.1) is 5.92 Å². The number of nitrogens with zero attached hydrogens (tertiary/aromatic N) is 1.